The molecule has 0 aromatic rings. The van der Waals surface area contributed by atoms with Crippen molar-refractivity contribution in [2.45, 2.75) is 32.8 Å². The number of carbonyl (C=O) groups excluding carboxylic acids is 1. The van der Waals surface area contributed by atoms with E-state index >= 15 is 0 Å². The fraction of sp³-hybridized carbons (Fsp3) is 0.667. The number of hydrogen-bond donors (Lipinski definition) is 0. The van der Waals surface area contributed by atoms with Gasteiger partial charge in [0.1, 0.15) is 6.10 Å². The molecule has 1 rings (SSSR count). The van der Waals surface area contributed by atoms with Crippen molar-refractivity contribution in [2.24, 2.45) is 5.92 Å². The van der Waals surface area contributed by atoms with Gasteiger partial charge >= 0.3 is 5.97 Å². The summed E-state index contributed by atoms with van der Waals surface area (Å²) in [7, 11) is 0. The van der Waals surface area contributed by atoms with Crippen LogP contribution >= 0.6 is 0 Å². The van der Waals surface area contributed by atoms with Crippen LogP contribution in [0.1, 0.15) is 26.7 Å². The Balaban J connectivity index is 2.59. The fourth-order valence-electron chi connectivity index (χ4n) is 1.31. The van der Waals surface area contributed by atoms with Crippen LogP contribution in [0, 0.1) is 5.92 Å². The minimum absolute atomic E-state index is 0.0417. The maximum absolute atomic E-state index is 11.1. The number of ether oxygens (including phenoxy) is 1. The molecule has 0 unspecified atom stereocenters. The predicted molar refractivity (Wildman–Crippen MR) is 43.1 cm³/mol. The molecule has 0 aromatic heterocycles. The molecule has 2 nitrogen and oxygen atoms in total. The quantitative estimate of drug-likeness (QED) is 0.448. The first kappa shape index (κ1) is 8.31. The van der Waals surface area contributed by atoms with Crippen LogP contribution in [0.3, 0.4) is 0 Å². The Morgan fingerprint density at radius 1 is 1.82 bits per heavy atom. The number of rotatable bonds is 2. The monoisotopic (exact) mass is 154 g/mol. The largest absolute Gasteiger partial charge is 0.462 e. The Morgan fingerprint density at radius 3 is 2.73 bits per heavy atom. The van der Waals surface area contributed by atoms with Crippen LogP contribution in [-0.2, 0) is 9.53 Å². The van der Waals surface area contributed by atoms with E-state index in [0.717, 1.165) is 18.4 Å². The number of carbonyl (C=O) groups is 1. The Labute approximate surface area is 67.2 Å². The molecule has 1 heterocycles. The summed E-state index contributed by atoms with van der Waals surface area (Å²) in [5.74, 6) is -0.135. The molecule has 1 aliphatic rings. The highest BCUT2D eigenvalue weighted by molar-refractivity contribution is 5.77. The van der Waals surface area contributed by atoms with Crippen molar-refractivity contribution in [1.82, 2.24) is 0 Å². The van der Waals surface area contributed by atoms with Crippen molar-refractivity contribution in [2.75, 3.05) is 0 Å². The van der Waals surface area contributed by atoms with Crippen molar-refractivity contribution >= 4 is 5.97 Å². The van der Waals surface area contributed by atoms with E-state index in [-0.39, 0.29) is 18.0 Å². The average Bonchev–Trinajstić information content (AvgIpc) is 2.30. The summed E-state index contributed by atoms with van der Waals surface area (Å²) < 4.78 is 5.08. The van der Waals surface area contributed by atoms with Gasteiger partial charge in [-0.2, -0.15) is 0 Å². The van der Waals surface area contributed by atoms with Gasteiger partial charge in [0.05, 0.1) is 5.92 Å². The molecule has 1 aliphatic heterocycles. The highest BCUT2D eigenvalue weighted by Crippen LogP contribution is 2.27. The second kappa shape index (κ2) is 3.07. The van der Waals surface area contributed by atoms with Crippen LogP contribution in [0.2, 0.25) is 0 Å². The van der Waals surface area contributed by atoms with E-state index in [1.54, 1.807) is 0 Å². The van der Waals surface area contributed by atoms with Crippen molar-refractivity contribution < 1.29 is 9.53 Å². The molecular weight excluding hydrogens is 140 g/mol. The topological polar surface area (TPSA) is 26.3 Å². The molecule has 2 heteroatoms. The molecule has 0 saturated carbocycles. The lowest BCUT2D eigenvalue weighted by Gasteiger charge is -2.02. The molecular formula is C9H14O2. The van der Waals surface area contributed by atoms with Crippen molar-refractivity contribution in [3.63, 3.8) is 0 Å². The maximum atomic E-state index is 11.1. The van der Waals surface area contributed by atoms with Crippen LogP contribution in [0.25, 0.3) is 0 Å². The minimum atomic E-state index is -0.0932. The Morgan fingerprint density at radius 2 is 2.45 bits per heavy atom. The molecule has 0 aromatic carbocycles. The standard InChI is InChI=1S/C9H14O2/c1-4-7-5-8(6(2)3)9(10)11-7/h7-8H,2,4-5H2,1,3H3/t7-,8+/m0/s1. The maximum Gasteiger partial charge on any atom is 0.313 e. The van der Waals surface area contributed by atoms with E-state index in [1.165, 1.54) is 0 Å². The van der Waals surface area contributed by atoms with Gasteiger partial charge in [0.2, 0.25) is 0 Å². The van der Waals surface area contributed by atoms with E-state index < -0.39 is 0 Å². The zero-order valence-electron chi connectivity index (χ0n) is 7.09. The summed E-state index contributed by atoms with van der Waals surface area (Å²) in [6.45, 7) is 7.66. The molecule has 2 atom stereocenters. The molecule has 0 spiro atoms. The number of hydrogen-bond acceptors (Lipinski definition) is 2. The zero-order chi connectivity index (χ0) is 8.43. The van der Waals surface area contributed by atoms with Gasteiger partial charge in [-0.3, -0.25) is 4.79 Å². The fourth-order valence-corrected chi connectivity index (χ4v) is 1.31. The summed E-state index contributed by atoms with van der Waals surface area (Å²) in [4.78, 5) is 11.1. The normalized spacial score (nSPS) is 30.2. The molecule has 11 heavy (non-hydrogen) atoms. The van der Waals surface area contributed by atoms with Crippen LogP contribution in [-0.4, -0.2) is 12.1 Å². The van der Waals surface area contributed by atoms with E-state index in [0.29, 0.717) is 0 Å². The van der Waals surface area contributed by atoms with Crippen LogP contribution < -0.4 is 0 Å². The molecule has 62 valence electrons. The number of esters is 1. The van der Waals surface area contributed by atoms with Gasteiger partial charge in [-0.25, -0.2) is 0 Å². The van der Waals surface area contributed by atoms with E-state index in [9.17, 15) is 4.79 Å². The van der Waals surface area contributed by atoms with Gasteiger partial charge in [-0.1, -0.05) is 19.1 Å². The van der Waals surface area contributed by atoms with Crippen molar-refractivity contribution in [1.29, 1.82) is 0 Å². The van der Waals surface area contributed by atoms with Crippen LogP contribution in [0.15, 0.2) is 12.2 Å². The molecule has 0 amide bonds. The Kier molecular flexibility index (Phi) is 2.32. The van der Waals surface area contributed by atoms with Crippen LogP contribution in [0.4, 0.5) is 0 Å². The number of cyclic esters (lactones) is 1. The average molecular weight is 154 g/mol. The molecule has 1 saturated heterocycles. The third-order valence-corrected chi connectivity index (χ3v) is 2.12. The van der Waals surface area contributed by atoms with Gasteiger partial charge in [0.25, 0.3) is 0 Å². The Bertz CT molecular complexity index is 184. The lowest BCUT2D eigenvalue weighted by atomic mass is 9.97. The van der Waals surface area contributed by atoms with E-state index in [2.05, 4.69) is 6.58 Å². The predicted octanol–water partition coefficient (Wildman–Crippen LogP) is 1.90. The lowest BCUT2D eigenvalue weighted by Crippen LogP contribution is -2.07. The van der Waals surface area contributed by atoms with Crippen molar-refractivity contribution in [3.8, 4) is 0 Å². The van der Waals surface area contributed by atoms with E-state index in [1.807, 2.05) is 13.8 Å². The molecule has 0 aliphatic carbocycles. The first-order chi connectivity index (χ1) is 5.15. The minimum Gasteiger partial charge on any atom is -0.462 e. The highest BCUT2D eigenvalue weighted by atomic mass is 16.5. The third kappa shape index (κ3) is 1.62. The summed E-state index contributed by atoms with van der Waals surface area (Å²) in [5.41, 5.74) is 0.922. The zero-order valence-corrected chi connectivity index (χ0v) is 7.09. The first-order valence-corrected chi connectivity index (χ1v) is 4.01. The second-order valence-corrected chi connectivity index (χ2v) is 3.10. The molecule has 0 bridgehead atoms. The van der Waals surface area contributed by atoms with E-state index in [4.69, 9.17) is 4.74 Å². The summed E-state index contributed by atoms with van der Waals surface area (Å²) in [5, 5.41) is 0. The van der Waals surface area contributed by atoms with Gasteiger partial charge < -0.3 is 4.74 Å². The molecule has 0 N–H and O–H groups in total. The SMILES string of the molecule is C=C(C)[C@H]1C[C@H](CC)OC1=O. The van der Waals surface area contributed by atoms with Gasteiger partial charge in [0, 0.05) is 6.42 Å². The van der Waals surface area contributed by atoms with Crippen molar-refractivity contribution in [3.05, 3.63) is 12.2 Å². The highest BCUT2D eigenvalue weighted by Gasteiger charge is 2.33. The van der Waals surface area contributed by atoms with Gasteiger partial charge in [-0.05, 0) is 13.3 Å². The lowest BCUT2D eigenvalue weighted by molar-refractivity contribution is -0.143. The van der Waals surface area contributed by atoms with Gasteiger partial charge in [0.15, 0.2) is 0 Å². The van der Waals surface area contributed by atoms with Gasteiger partial charge in [-0.15, -0.1) is 0 Å². The summed E-state index contributed by atoms with van der Waals surface area (Å²) in [6.07, 6.45) is 1.87. The first-order valence-electron chi connectivity index (χ1n) is 4.01. The summed E-state index contributed by atoms with van der Waals surface area (Å²) >= 11 is 0. The molecule has 1 fully saturated rings. The second-order valence-electron chi connectivity index (χ2n) is 3.10. The third-order valence-electron chi connectivity index (χ3n) is 2.12. The Hall–Kier alpha value is -0.790. The molecule has 0 radical (unpaired) electrons. The summed E-state index contributed by atoms with van der Waals surface area (Å²) in [6, 6.07) is 0. The smallest absolute Gasteiger partial charge is 0.313 e. The van der Waals surface area contributed by atoms with Crippen LogP contribution in [0.5, 0.6) is 0 Å².